The average Bonchev–Trinajstić information content (AvgIpc) is 2.81. The minimum atomic E-state index is -0.273. The number of hydrogen-bond donors (Lipinski definition) is 1. The maximum atomic E-state index is 12.8. The zero-order valence-corrected chi connectivity index (χ0v) is 9.62. The van der Waals surface area contributed by atoms with Crippen LogP contribution in [0.25, 0.3) is 0 Å². The molecule has 1 aromatic rings. The van der Waals surface area contributed by atoms with Crippen LogP contribution in [0, 0.1) is 5.82 Å². The van der Waals surface area contributed by atoms with Crippen molar-refractivity contribution < 1.29 is 4.39 Å². The van der Waals surface area contributed by atoms with Gasteiger partial charge in [-0.15, -0.1) is 0 Å². The van der Waals surface area contributed by atoms with Crippen molar-refractivity contribution in [2.75, 3.05) is 24.5 Å². The number of pyridine rings is 1. The SMILES string of the molecule is CCCN(c1ccc(F)cn1)C1CCNC1. The van der Waals surface area contributed by atoms with Crippen LogP contribution >= 0.6 is 0 Å². The van der Waals surface area contributed by atoms with E-state index >= 15 is 0 Å². The molecule has 4 heteroatoms. The van der Waals surface area contributed by atoms with Crippen molar-refractivity contribution in [3.63, 3.8) is 0 Å². The predicted octanol–water partition coefficient (Wildman–Crippen LogP) is 1.80. The fourth-order valence-corrected chi connectivity index (χ4v) is 2.17. The van der Waals surface area contributed by atoms with Crippen molar-refractivity contribution in [2.45, 2.75) is 25.8 Å². The number of anilines is 1. The lowest BCUT2D eigenvalue weighted by molar-refractivity contribution is 0.603. The first-order valence-electron chi connectivity index (χ1n) is 5.90. The number of halogens is 1. The smallest absolute Gasteiger partial charge is 0.141 e. The largest absolute Gasteiger partial charge is 0.352 e. The molecule has 1 fully saturated rings. The van der Waals surface area contributed by atoms with E-state index in [2.05, 4.69) is 22.1 Å². The first kappa shape index (κ1) is 11.3. The highest BCUT2D eigenvalue weighted by molar-refractivity contribution is 5.39. The van der Waals surface area contributed by atoms with Crippen molar-refractivity contribution in [3.8, 4) is 0 Å². The second kappa shape index (κ2) is 5.25. The summed E-state index contributed by atoms with van der Waals surface area (Å²) < 4.78 is 12.8. The van der Waals surface area contributed by atoms with Gasteiger partial charge < -0.3 is 10.2 Å². The molecule has 16 heavy (non-hydrogen) atoms. The maximum absolute atomic E-state index is 12.8. The second-order valence-corrected chi connectivity index (χ2v) is 4.17. The van der Waals surface area contributed by atoms with E-state index in [1.165, 1.54) is 12.3 Å². The van der Waals surface area contributed by atoms with Crippen LogP contribution in [-0.2, 0) is 0 Å². The quantitative estimate of drug-likeness (QED) is 0.843. The Morgan fingerprint density at radius 2 is 2.44 bits per heavy atom. The molecule has 0 radical (unpaired) electrons. The normalized spacial score (nSPS) is 20.0. The number of nitrogens with one attached hydrogen (secondary N) is 1. The lowest BCUT2D eigenvalue weighted by Crippen LogP contribution is -2.38. The van der Waals surface area contributed by atoms with Crippen LogP contribution in [0.15, 0.2) is 18.3 Å². The summed E-state index contributed by atoms with van der Waals surface area (Å²) in [5.74, 6) is 0.613. The van der Waals surface area contributed by atoms with Crippen molar-refractivity contribution in [1.82, 2.24) is 10.3 Å². The van der Waals surface area contributed by atoms with Gasteiger partial charge in [0.1, 0.15) is 11.6 Å². The van der Waals surface area contributed by atoms with E-state index in [1.807, 2.05) is 0 Å². The Morgan fingerprint density at radius 1 is 1.56 bits per heavy atom. The molecular formula is C12H18FN3. The van der Waals surface area contributed by atoms with Gasteiger partial charge in [0, 0.05) is 19.1 Å². The Kier molecular flexibility index (Phi) is 3.72. The molecule has 1 unspecified atom stereocenters. The van der Waals surface area contributed by atoms with Crippen LogP contribution in [0.3, 0.4) is 0 Å². The van der Waals surface area contributed by atoms with Crippen molar-refractivity contribution in [2.24, 2.45) is 0 Å². The zero-order chi connectivity index (χ0) is 11.4. The summed E-state index contributed by atoms with van der Waals surface area (Å²) in [6.07, 6.45) is 3.51. The average molecular weight is 223 g/mol. The molecule has 0 bridgehead atoms. The highest BCUT2D eigenvalue weighted by atomic mass is 19.1. The molecule has 0 spiro atoms. The van der Waals surface area contributed by atoms with Gasteiger partial charge in [-0.1, -0.05) is 6.92 Å². The molecule has 2 rings (SSSR count). The minimum absolute atomic E-state index is 0.273. The molecule has 1 aliphatic rings. The molecule has 3 nitrogen and oxygen atoms in total. The molecule has 88 valence electrons. The fourth-order valence-electron chi connectivity index (χ4n) is 2.17. The lowest BCUT2D eigenvalue weighted by Gasteiger charge is -2.29. The Bertz CT molecular complexity index is 320. The van der Waals surface area contributed by atoms with Gasteiger partial charge in [0.15, 0.2) is 0 Å². The minimum Gasteiger partial charge on any atom is -0.352 e. The Labute approximate surface area is 95.7 Å². The molecular weight excluding hydrogens is 205 g/mol. The van der Waals surface area contributed by atoms with Crippen LogP contribution in [0.2, 0.25) is 0 Å². The Hall–Kier alpha value is -1.16. The highest BCUT2D eigenvalue weighted by Gasteiger charge is 2.22. The van der Waals surface area contributed by atoms with Crippen LogP contribution < -0.4 is 10.2 Å². The topological polar surface area (TPSA) is 28.2 Å². The zero-order valence-electron chi connectivity index (χ0n) is 9.62. The third-order valence-electron chi connectivity index (χ3n) is 2.95. The first-order valence-corrected chi connectivity index (χ1v) is 5.90. The molecule has 1 atom stereocenters. The van der Waals surface area contributed by atoms with Crippen LogP contribution in [0.1, 0.15) is 19.8 Å². The standard InChI is InChI=1S/C12H18FN3/c1-2-7-16(11-5-6-14-9-11)12-4-3-10(13)8-15-12/h3-4,8,11,14H,2,5-7,9H2,1H3. The van der Waals surface area contributed by atoms with Crippen molar-refractivity contribution in [3.05, 3.63) is 24.1 Å². The molecule has 0 aromatic carbocycles. The van der Waals surface area contributed by atoms with Crippen LogP contribution in [-0.4, -0.2) is 30.7 Å². The van der Waals surface area contributed by atoms with E-state index in [0.717, 1.165) is 38.3 Å². The van der Waals surface area contributed by atoms with Gasteiger partial charge in [-0.2, -0.15) is 0 Å². The van der Waals surface area contributed by atoms with E-state index in [0.29, 0.717) is 6.04 Å². The first-order chi connectivity index (χ1) is 7.81. The molecule has 1 aliphatic heterocycles. The third kappa shape index (κ3) is 2.50. The summed E-state index contributed by atoms with van der Waals surface area (Å²) in [5, 5.41) is 3.35. The second-order valence-electron chi connectivity index (χ2n) is 4.17. The van der Waals surface area contributed by atoms with Crippen molar-refractivity contribution in [1.29, 1.82) is 0 Å². The third-order valence-corrected chi connectivity index (χ3v) is 2.95. The molecule has 1 aromatic heterocycles. The van der Waals surface area contributed by atoms with Gasteiger partial charge in [-0.05, 0) is 31.5 Å². The Balaban J connectivity index is 2.14. The van der Waals surface area contributed by atoms with Gasteiger partial charge in [-0.3, -0.25) is 0 Å². The van der Waals surface area contributed by atoms with Crippen LogP contribution in [0.5, 0.6) is 0 Å². The van der Waals surface area contributed by atoms with E-state index in [9.17, 15) is 4.39 Å². The van der Waals surface area contributed by atoms with Crippen LogP contribution in [0.4, 0.5) is 10.2 Å². The molecule has 1 N–H and O–H groups in total. The lowest BCUT2D eigenvalue weighted by atomic mass is 10.2. The number of hydrogen-bond acceptors (Lipinski definition) is 3. The monoisotopic (exact) mass is 223 g/mol. The van der Waals surface area contributed by atoms with E-state index in [-0.39, 0.29) is 5.82 Å². The summed E-state index contributed by atoms with van der Waals surface area (Å²) in [7, 11) is 0. The molecule has 0 aliphatic carbocycles. The van der Waals surface area contributed by atoms with Crippen molar-refractivity contribution >= 4 is 5.82 Å². The summed E-state index contributed by atoms with van der Waals surface area (Å²) in [5.41, 5.74) is 0. The number of nitrogens with zero attached hydrogens (tertiary/aromatic N) is 2. The number of rotatable bonds is 4. The van der Waals surface area contributed by atoms with Gasteiger partial charge in [0.25, 0.3) is 0 Å². The van der Waals surface area contributed by atoms with E-state index < -0.39 is 0 Å². The Morgan fingerprint density at radius 3 is 3.00 bits per heavy atom. The van der Waals surface area contributed by atoms with Gasteiger partial charge in [0.2, 0.25) is 0 Å². The summed E-state index contributed by atoms with van der Waals surface area (Å²) in [6, 6.07) is 3.74. The van der Waals surface area contributed by atoms with E-state index in [4.69, 9.17) is 0 Å². The summed E-state index contributed by atoms with van der Waals surface area (Å²) in [4.78, 5) is 6.44. The summed E-state index contributed by atoms with van der Waals surface area (Å²) in [6.45, 7) is 5.19. The maximum Gasteiger partial charge on any atom is 0.141 e. The molecule has 0 amide bonds. The molecule has 2 heterocycles. The number of aromatic nitrogens is 1. The molecule has 1 saturated heterocycles. The highest BCUT2D eigenvalue weighted by Crippen LogP contribution is 2.18. The van der Waals surface area contributed by atoms with Gasteiger partial charge >= 0.3 is 0 Å². The van der Waals surface area contributed by atoms with Gasteiger partial charge in [-0.25, -0.2) is 9.37 Å². The molecule has 0 saturated carbocycles. The summed E-state index contributed by atoms with van der Waals surface area (Å²) >= 11 is 0. The predicted molar refractivity (Wildman–Crippen MR) is 63.1 cm³/mol. The van der Waals surface area contributed by atoms with Gasteiger partial charge in [0.05, 0.1) is 6.20 Å². The van der Waals surface area contributed by atoms with E-state index in [1.54, 1.807) is 6.07 Å². The fraction of sp³-hybridized carbons (Fsp3) is 0.583.